The number of fused-ring (bicyclic) bond motifs is 1. The summed E-state index contributed by atoms with van der Waals surface area (Å²) in [5, 5.41) is 10.6. The monoisotopic (exact) mass is 544 g/mol. The number of ether oxygens (including phenoxy) is 2. The fourth-order valence-corrected chi connectivity index (χ4v) is 6.71. The van der Waals surface area contributed by atoms with Crippen LogP contribution in [-0.4, -0.2) is 70.2 Å². The number of likely N-dealkylation sites (tertiary alicyclic amines) is 1. The van der Waals surface area contributed by atoms with Crippen molar-refractivity contribution in [2.24, 2.45) is 11.8 Å². The maximum absolute atomic E-state index is 14.6. The number of aliphatic hydroxyl groups is 1. The summed E-state index contributed by atoms with van der Waals surface area (Å²) in [6.07, 6.45) is 4.31. The SMILES string of the molecule is C=CCCOC(=O)[C@@H]1[C@H]2C(=O)N([C@H](CO)c3ccccc3)C(C(=O)N(CC=C)Cc3ccccc3)C23CC[C@H]1O3. The second-order valence-corrected chi connectivity index (χ2v) is 10.6. The first kappa shape index (κ1) is 27.8. The van der Waals surface area contributed by atoms with Crippen LogP contribution in [0.4, 0.5) is 0 Å². The quantitative estimate of drug-likeness (QED) is 0.250. The van der Waals surface area contributed by atoms with Gasteiger partial charge in [0.15, 0.2) is 0 Å². The van der Waals surface area contributed by atoms with Crippen LogP contribution in [0, 0.1) is 11.8 Å². The van der Waals surface area contributed by atoms with Gasteiger partial charge in [0.2, 0.25) is 11.8 Å². The fourth-order valence-electron chi connectivity index (χ4n) is 6.71. The van der Waals surface area contributed by atoms with Gasteiger partial charge < -0.3 is 24.4 Å². The molecule has 3 aliphatic rings. The predicted molar refractivity (Wildman–Crippen MR) is 149 cm³/mol. The van der Waals surface area contributed by atoms with Gasteiger partial charge in [0, 0.05) is 13.1 Å². The van der Waals surface area contributed by atoms with Gasteiger partial charge in [0.25, 0.3) is 0 Å². The second-order valence-electron chi connectivity index (χ2n) is 10.6. The highest BCUT2D eigenvalue weighted by Crippen LogP contribution is 2.60. The number of aliphatic hydroxyl groups excluding tert-OH is 1. The summed E-state index contributed by atoms with van der Waals surface area (Å²) < 4.78 is 12.0. The minimum Gasteiger partial charge on any atom is -0.465 e. The third-order valence-electron chi connectivity index (χ3n) is 8.38. The molecule has 3 saturated heterocycles. The van der Waals surface area contributed by atoms with E-state index in [0.717, 1.165) is 5.56 Å². The van der Waals surface area contributed by atoms with Crippen molar-refractivity contribution < 1.29 is 29.0 Å². The van der Waals surface area contributed by atoms with Crippen LogP contribution in [0.1, 0.15) is 36.4 Å². The third-order valence-corrected chi connectivity index (χ3v) is 8.38. The highest BCUT2D eigenvalue weighted by atomic mass is 16.6. The molecule has 3 heterocycles. The van der Waals surface area contributed by atoms with Crippen LogP contribution in [-0.2, 0) is 30.4 Å². The molecule has 2 aromatic rings. The fraction of sp³-hybridized carbons (Fsp3) is 0.406. The lowest BCUT2D eigenvalue weighted by Crippen LogP contribution is -2.57. The molecule has 8 heteroatoms. The van der Waals surface area contributed by atoms with Crippen LogP contribution in [0.2, 0.25) is 0 Å². The van der Waals surface area contributed by atoms with Gasteiger partial charge in [-0.25, -0.2) is 0 Å². The normalized spacial score (nSPS) is 27.2. The molecular formula is C32H36N2O6. The first-order chi connectivity index (χ1) is 19.5. The molecule has 2 amide bonds. The van der Waals surface area contributed by atoms with Gasteiger partial charge in [0.1, 0.15) is 11.6 Å². The molecular weight excluding hydrogens is 508 g/mol. The number of benzene rings is 2. The van der Waals surface area contributed by atoms with E-state index in [2.05, 4.69) is 13.2 Å². The summed E-state index contributed by atoms with van der Waals surface area (Å²) >= 11 is 0. The largest absolute Gasteiger partial charge is 0.465 e. The Labute approximate surface area is 234 Å². The topological polar surface area (TPSA) is 96.4 Å². The van der Waals surface area contributed by atoms with Gasteiger partial charge >= 0.3 is 5.97 Å². The maximum atomic E-state index is 14.6. The van der Waals surface area contributed by atoms with E-state index in [1.807, 2.05) is 60.7 Å². The lowest BCUT2D eigenvalue weighted by Gasteiger charge is -2.39. The average molecular weight is 545 g/mol. The van der Waals surface area contributed by atoms with Crippen LogP contribution in [0.5, 0.6) is 0 Å². The smallest absolute Gasteiger partial charge is 0.312 e. The molecule has 0 aliphatic carbocycles. The first-order valence-corrected chi connectivity index (χ1v) is 13.8. The summed E-state index contributed by atoms with van der Waals surface area (Å²) in [7, 11) is 0. The van der Waals surface area contributed by atoms with Gasteiger partial charge in [-0.05, 0) is 30.4 Å². The van der Waals surface area contributed by atoms with Crippen molar-refractivity contribution in [1.29, 1.82) is 0 Å². The summed E-state index contributed by atoms with van der Waals surface area (Å²) in [6, 6.07) is 17.0. The number of hydrogen-bond donors (Lipinski definition) is 1. The summed E-state index contributed by atoms with van der Waals surface area (Å²) in [5.41, 5.74) is 0.439. The number of rotatable bonds is 12. The van der Waals surface area contributed by atoms with E-state index >= 15 is 0 Å². The van der Waals surface area contributed by atoms with Gasteiger partial charge in [-0.2, -0.15) is 0 Å². The van der Waals surface area contributed by atoms with Gasteiger partial charge in [-0.3, -0.25) is 14.4 Å². The maximum Gasteiger partial charge on any atom is 0.312 e. The Bertz CT molecular complexity index is 1250. The molecule has 3 aliphatic heterocycles. The number of hydrogen-bond acceptors (Lipinski definition) is 6. The third kappa shape index (κ3) is 4.75. The molecule has 1 N–H and O–H groups in total. The highest BCUT2D eigenvalue weighted by Gasteiger charge is 2.75. The first-order valence-electron chi connectivity index (χ1n) is 13.8. The Kier molecular flexibility index (Phi) is 8.19. The van der Waals surface area contributed by atoms with Crippen molar-refractivity contribution in [1.82, 2.24) is 9.80 Å². The van der Waals surface area contributed by atoms with Crippen molar-refractivity contribution in [3.05, 3.63) is 97.1 Å². The summed E-state index contributed by atoms with van der Waals surface area (Å²) in [5.74, 6) is -2.85. The molecule has 0 radical (unpaired) electrons. The van der Waals surface area contributed by atoms with Crippen LogP contribution < -0.4 is 0 Å². The number of carbonyl (C=O) groups excluding carboxylic acids is 3. The van der Waals surface area contributed by atoms with E-state index in [-0.39, 0.29) is 31.6 Å². The number of esters is 1. The molecule has 2 aromatic carbocycles. The number of carbonyl (C=O) groups is 3. The van der Waals surface area contributed by atoms with Crippen molar-refractivity contribution in [3.8, 4) is 0 Å². The predicted octanol–water partition coefficient (Wildman–Crippen LogP) is 3.43. The lowest BCUT2D eigenvalue weighted by molar-refractivity contribution is -0.156. The Morgan fingerprint density at radius 3 is 2.48 bits per heavy atom. The standard InChI is InChI=1S/C32H36N2O6/c1-3-5-19-39-31(38)26-25-16-17-32(40-25)27(26)29(36)34(24(21-35)23-14-10-7-11-15-23)28(32)30(37)33(18-4-2)20-22-12-8-6-9-13-22/h3-4,6-15,24-28,35H,1-2,5,16-21H2/t24-,25-,26+,27+,28?,32?/m1/s1. The van der Waals surface area contributed by atoms with E-state index in [1.165, 1.54) is 4.90 Å². The van der Waals surface area contributed by atoms with Crippen molar-refractivity contribution in [2.75, 3.05) is 19.8 Å². The molecule has 5 rings (SSSR count). The van der Waals surface area contributed by atoms with Crippen molar-refractivity contribution in [2.45, 2.75) is 49.6 Å². The second kappa shape index (κ2) is 11.8. The van der Waals surface area contributed by atoms with Crippen LogP contribution in [0.3, 0.4) is 0 Å². The molecule has 210 valence electrons. The van der Waals surface area contributed by atoms with Crippen LogP contribution in [0.15, 0.2) is 86.0 Å². The van der Waals surface area contributed by atoms with E-state index in [0.29, 0.717) is 31.4 Å². The lowest BCUT2D eigenvalue weighted by atomic mass is 9.70. The zero-order chi connectivity index (χ0) is 28.3. The Morgan fingerprint density at radius 2 is 1.82 bits per heavy atom. The van der Waals surface area contributed by atoms with Gasteiger partial charge in [-0.1, -0.05) is 72.8 Å². The van der Waals surface area contributed by atoms with Gasteiger partial charge in [-0.15, -0.1) is 13.2 Å². The Balaban J connectivity index is 1.57. The Hall–Kier alpha value is -3.75. The molecule has 2 unspecified atom stereocenters. The number of amides is 2. The minimum absolute atomic E-state index is 0.166. The molecule has 0 aromatic heterocycles. The minimum atomic E-state index is -1.20. The van der Waals surface area contributed by atoms with E-state index in [1.54, 1.807) is 17.1 Å². The molecule has 2 bridgehead atoms. The van der Waals surface area contributed by atoms with Gasteiger partial charge in [0.05, 0.1) is 37.2 Å². The molecule has 6 atom stereocenters. The molecule has 40 heavy (non-hydrogen) atoms. The molecule has 0 saturated carbocycles. The van der Waals surface area contributed by atoms with Crippen molar-refractivity contribution >= 4 is 17.8 Å². The Morgan fingerprint density at radius 1 is 1.12 bits per heavy atom. The molecule has 8 nitrogen and oxygen atoms in total. The number of nitrogens with zero attached hydrogens (tertiary/aromatic N) is 2. The van der Waals surface area contributed by atoms with E-state index < -0.39 is 41.6 Å². The zero-order valence-electron chi connectivity index (χ0n) is 22.6. The summed E-state index contributed by atoms with van der Waals surface area (Å²) in [6.45, 7) is 7.87. The molecule has 1 spiro atoms. The highest BCUT2D eigenvalue weighted by molar-refractivity contribution is 5.98. The average Bonchev–Trinajstić information content (AvgIpc) is 3.62. The molecule has 3 fully saturated rings. The van der Waals surface area contributed by atoms with Crippen molar-refractivity contribution in [3.63, 3.8) is 0 Å². The summed E-state index contributed by atoms with van der Waals surface area (Å²) in [4.78, 5) is 45.4. The van der Waals surface area contributed by atoms with Crippen LogP contribution >= 0.6 is 0 Å². The van der Waals surface area contributed by atoms with E-state index in [9.17, 15) is 19.5 Å². The van der Waals surface area contributed by atoms with Crippen LogP contribution in [0.25, 0.3) is 0 Å². The van der Waals surface area contributed by atoms with E-state index in [4.69, 9.17) is 9.47 Å². The zero-order valence-corrected chi connectivity index (χ0v) is 22.6.